The molecule has 1 heterocycles. The minimum Gasteiger partial charge on any atom is -0.391 e. The molecule has 0 radical (unpaired) electrons. The van der Waals surface area contributed by atoms with Crippen LogP contribution in [0.4, 0.5) is 5.69 Å². The molecule has 1 fully saturated rings. The lowest BCUT2D eigenvalue weighted by Crippen LogP contribution is -2.30. The number of nitrogens with one attached hydrogen (secondary N) is 1. The van der Waals surface area contributed by atoms with Crippen LogP contribution in [0.2, 0.25) is 5.02 Å². The maximum atomic E-state index is 12.3. The van der Waals surface area contributed by atoms with Crippen molar-refractivity contribution in [3.05, 3.63) is 21.6 Å². The van der Waals surface area contributed by atoms with E-state index in [1.807, 2.05) is 0 Å². The number of anilines is 1. The van der Waals surface area contributed by atoms with Gasteiger partial charge in [0, 0.05) is 13.1 Å². The standard InChI is InChI=1S/C15H24ClN3O2/c1-15(2,3)6-11(20)7-17-13-12(16)8-18-19(14(13)21)9-10-4-5-10/h8,10-11,17,20H,4-7,9H2,1-3H3. The van der Waals surface area contributed by atoms with E-state index in [1.54, 1.807) is 0 Å². The van der Waals surface area contributed by atoms with E-state index >= 15 is 0 Å². The molecule has 0 spiro atoms. The van der Waals surface area contributed by atoms with Gasteiger partial charge in [-0.1, -0.05) is 32.4 Å². The summed E-state index contributed by atoms with van der Waals surface area (Å²) >= 11 is 6.05. The van der Waals surface area contributed by atoms with Gasteiger partial charge in [0.2, 0.25) is 0 Å². The maximum Gasteiger partial charge on any atom is 0.291 e. The highest BCUT2D eigenvalue weighted by Gasteiger charge is 2.24. The number of rotatable bonds is 6. The van der Waals surface area contributed by atoms with Crippen LogP contribution in [-0.2, 0) is 6.54 Å². The monoisotopic (exact) mass is 313 g/mol. The summed E-state index contributed by atoms with van der Waals surface area (Å²) < 4.78 is 1.46. The molecule has 1 aliphatic carbocycles. The van der Waals surface area contributed by atoms with E-state index in [9.17, 15) is 9.90 Å². The van der Waals surface area contributed by atoms with E-state index in [-0.39, 0.29) is 11.0 Å². The van der Waals surface area contributed by atoms with Crippen molar-refractivity contribution >= 4 is 17.3 Å². The van der Waals surface area contributed by atoms with E-state index in [0.717, 1.165) is 12.8 Å². The van der Waals surface area contributed by atoms with E-state index in [0.29, 0.717) is 36.1 Å². The Morgan fingerprint density at radius 3 is 2.76 bits per heavy atom. The Labute approximate surface area is 130 Å². The first-order valence-electron chi connectivity index (χ1n) is 7.44. The fraction of sp³-hybridized carbons (Fsp3) is 0.733. The molecule has 21 heavy (non-hydrogen) atoms. The maximum absolute atomic E-state index is 12.3. The van der Waals surface area contributed by atoms with Gasteiger partial charge in [-0.15, -0.1) is 0 Å². The number of hydrogen-bond donors (Lipinski definition) is 2. The minimum absolute atomic E-state index is 0.0370. The summed E-state index contributed by atoms with van der Waals surface area (Å²) in [6, 6.07) is 0. The SMILES string of the molecule is CC(C)(C)CC(O)CNc1c(Cl)cnn(CC2CC2)c1=O. The summed E-state index contributed by atoms with van der Waals surface area (Å²) in [5.74, 6) is 0.565. The van der Waals surface area contributed by atoms with Gasteiger partial charge in [-0.25, -0.2) is 4.68 Å². The number of hydrogen-bond acceptors (Lipinski definition) is 4. The molecule has 0 saturated heterocycles. The minimum atomic E-state index is -0.523. The first kappa shape index (κ1) is 16.3. The summed E-state index contributed by atoms with van der Waals surface area (Å²) in [4.78, 5) is 12.3. The lowest BCUT2D eigenvalue weighted by molar-refractivity contribution is 0.132. The van der Waals surface area contributed by atoms with Crippen molar-refractivity contribution in [3.63, 3.8) is 0 Å². The topological polar surface area (TPSA) is 67.2 Å². The van der Waals surface area contributed by atoms with Gasteiger partial charge in [0.05, 0.1) is 17.3 Å². The van der Waals surface area contributed by atoms with Crippen LogP contribution in [0.1, 0.15) is 40.0 Å². The Kier molecular flexibility index (Phi) is 4.94. The smallest absolute Gasteiger partial charge is 0.291 e. The van der Waals surface area contributed by atoms with Crippen molar-refractivity contribution in [2.75, 3.05) is 11.9 Å². The summed E-state index contributed by atoms with van der Waals surface area (Å²) in [7, 11) is 0. The van der Waals surface area contributed by atoms with Gasteiger partial charge in [0.25, 0.3) is 5.56 Å². The molecule has 1 saturated carbocycles. The molecule has 1 unspecified atom stereocenters. The Morgan fingerprint density at radius 2 is 2.19 bits per heavy atom. The molecule has 0 bridgehead atoms. The number of aliphatic hydroxyl groups excluding tert-OH is 1. The highest BCUT2D eigenvalue weighted by atomic mass is 35.5. The normalized spacial score (nSPS) is 16.8. The Hall–Kier alpha value is -1.07. The van der Waals surface area contributed by atoms with Crippen molar-refractivity contribution in [1.29, 1.82) is 0 Å². The molecule has 6 heteroatoms. The van der Waals surface area contributed by atoms with Crippen molar-refractivity contribution in [1.82, 2.24) is 9.78 Å². The number of halogens is 1. The van der Waals surface area contributed by atoms with Crippen LogP contribution in [0.3, 0.4) is 0 Å². The Morgan fingerprint density at radius 1 is 1.52 bits per heavy atom. The second-order valence-electron chi connectivity index (χ2n) is 7.10. The van der Waals surface area contributed by atoms with Gasteiger partial charge in [0.15, 0.2) is 0 Å². The van der Waals surface area contributed by atoms with E-state index < -0.39 is 6.10 Å². The van der Waals surface area contributed by atoms with E-state index in [1.165, 1.54) is 10.9 Å². The first-order chi connectivity index (χ1) is 9.76. The molecule has 1 aliphatic rings. The molecule has 0 amide bonds. The lowest BCUT2D eigenvalue weighted by atomic mass is 9.89. The van der Waals surface area contributed by atoms with Crippen LogP contribution in [0.25, 0.3) is 0 Å². The third-order valence-electron chi connectivity index (χ3n) is 3.49. The zero-order chi connectivity index (χ0) is 15.6. The van der Waals surface area contributed by atoms with E-state index in [2.05, 4.69) is 31.2 Å². The third kappa shape index (κ3) is 5.00. The molecule has 2 rings (SSSR count). The molecule has 0 aliphatic heterocycles. The summed E-state index contributed by atoms with van der Waals surface area (Å²) in [5.41, 5.74) is 0.160. The first-order valence-corrected chi connectivity index (χ1v) is 7.81. The quantitative estimate of drug-likeness (QED) is 0.847. The highest BCUT2D eigenvalue weighted by Crippen LogP contribution is 2.30. The average Bonchev–Trinajstić information content (AvgIpc) is 3.14. The van der Waals surface area contributed by atoms with Gasteiger partial charge >= 0.3 is 0 Å². The molecule has 5 nitrogen and oxygen atoms in total. The third-order valence-corrected chi connectivity index (χ3v) is 3.77. The Bertz CT molecular complexity index is 547. The molecular weight excluding hydrogens is 290 g/mol. The largest absolute Gasteiger partial charge is 0.391 e. The molecule has 1 aromatic heterocycles. The van der Waals surface area contributed by atoms with Crippen LogP contribution < -0.4 is 10.9 Å². The van der Waals surface area contributed by atoms with Crippen LogP contribution in [0, 0.1) is 11.3 Å². The lowest BCUT2D eigenvalue weighted by Gasteiger charge is -2.22. The fourth-order valence-electron chi connectivity index (χ4n) is 2.30. The van der Waals surface area contributed by atoms with Crippen molar-refractivity contribution in [2.45, 2.75) is 52.7 Å². The van der Waals surface area contributed by atoms with Gasteiger partial charge in [-0.05, 0) is 30.6 Å². The van der Waals surface area contributed by atoms with Gasteiger partial charge < -0.3 is 10.4 Å². The Balaban J connectivity index is 2.03. The summed E-state index contributed by atoms with van der Waals surface area (Å²) in [5, 5.41) is 17.4. The molecule has 2 N–H and O–H groups in total. The van der Waals surface area contributed by atoms with Crippen LogP contribution in [-0.4, -0.2) is 27.5 Å². The van der Waals surface area contributed by atoms with Crippen LogP contribution in [0.15, 0.2) is 11.0 Å². The van der Waals surface area contributed by atoms with Crippen molar-refractivity contribution in [3.8, 4) is 0 Å². The average molecular weight is 314 g/mol. The van der Waals surface area contributed by atoms with Crippen LogP contribution in [0.5, 0.6) is 0 Å². The predicted molar refractivity (Wildman–Crippen MR) is 84.8 cm³/mol. The molecule has 118 valence electrons. The molecule has 0 aromatic carbocycles. The number of aromatic nitrogens is 2. The number of aliphatic hydroxyl groups is 1. The number of nitrogens with zero attached hydrogens (tertiary/aromatic N) is 2. The second-order valence-corrected chi connectivity index (χ2v) is 7.50. The summed E-state index contributed by atoms with van der Waals surface area (Å²) in [6.07, 6.45) is 3.93. The van der Waals surface area contributed by atoms with Gasteiger partial charge in [-0.3, -0.25) is 4.79 Å². The van der Waals surface area contributed by atoms with Crippen molar-refractivity contribution < 1.29 is 5.11 Å². The predicted octanol–water partition coefficient (Wildman–Crippen LogP) is 2.52. The molecule has 1 atom stereocenters. The van der Waals surface area contributed by atoms with Crippen LogP contribution >= 0.6 is 11.6 Å². The zero-order valence-electron chi connectivity index (χ0n) is 12.9. The fourth-order valence-corrected chi connectivity index (χ4v) is 2.49. The summed E-state index contributed by atoms with van der Waals surface area (Å²) in [6.45, 7) is 7.16. The molecular formula is C15H24ClN3O2. The van der Waals surface area contributed by atoms with Gasteiger partial charge in [0.1, 0.15) is 5.69 Å². The highest BCUT2D eigenvalue weighted by molar-refractivity contribution is 6.32. The van der Waals surface area contributed by atoms with Gasteiger partial charge in [-0.2, -0.15) is 5.10 Å². The zero-order valence-corrected chi connectivity index (χ0v) is 13.7. The van der Waals surface area contributed by atoms with E-state index in [4.69, 9.17) is 11.6 Å². The molecule has 1 aromatic rings. The second kappa shape index (κ2) is 6.36. The van der Waals surface area contributed by atoms with Crippen molar-refractivity contribution in [2.24, 2.45) is 11.3 Å².